The molecule has 0 spiro atoms. The van der Waals surface area contributed by atoms with Crippen molar-refractivity contribution in [3.05, 3.63) is 0 Å². The number of carbonyl (C=O) groups excluding carboxylic acids is 1. The largest absolute Gasteiger partial charge is 0.444 e. The van der Waals surface area contributed by atoms with Crippen LogP contribution in [0.2, 0.25) is 0 Å². The monoisotopic (exact) mass is 322 g/mol. The molecular weight excluding hydrogens is 294 g/mol. The Bertz CT molecular complexity index is 335. The maximum absolute atomic E-state index is 12.0. The lowest BCUT2D eigenvalue weighted by Crippen LogP contribution is -2.38. The zero-order valence-corrected chi connectivity index (χ0v) is 13.7. The topological polar surface area (TPSA) is 50.8 Å². The molecule has 5 nitrogen and oxygen atoms in total. The van der Waals surface area contributed by atoms with Crippen molar-refractivity contribution in [1.82, 2.24) is 10.2 Å². The zero-order valence-electron chi connectivity index (χ0n) is 13.7. The van der Waals surface area contributed by atoms with E-state index in [0.29, 0.717) is 19.6 Å². The first-order valence-corrected chi connectivity index (χ1v) is 7.85. The first kappa shape index (κ1) is 19.1. The highest BCUT2D eigenvalue weighted by molar-refractivity contribution is 5.68. The summed E-state index contributed by atoms with van der Waals surface area (Å²) in [5.74, 6) is 0. The van der Waals surface area contributed by atoms with Gasteiger partial charge in [0.1, 0.15) is 12.2 Å². The molecule has 0 aliphatic carbocycles. The Hall–Kier alpha value is -0.950. The summed E-state index contributed by atoms with van der Waals surface area (Å²) in [6.07, 6.45) is -0.00879. The van der Waals surface area contributed by atoms with E-state index in [2.05, 4.69) is 5.32 Å². The Kier molecular flexibility index (Phi) is 8.03. The van der Waals surface area contributed by atoms with Gasteiger partial charge in [-0.3, -0.25) is 0 Å². The number of amides is 1. The van der Waals surface area contributed by atoms with Crippen molar-refractivity contribution in [1.29, 1.82) is 0 Å². The predicted octanol–water partition coefficient (Wildman–Crippen LogP) is 2.65. The van der Waals surface area contributed by atoms with Gasteiger partial charge in [0.2, 0.25) is 0 Å². The molecule has 1 fully saturated rings. The minimum Gasteiger partial charge on any atom is -0.444 e. The average Bonchev–Trinajstić information content (AvgIpc) is 2.61. The van der Waals surface area contributed by atoms with Gasteiger partial charge in [-0.15, -0.1) is 0 Å². The highest BCUT2D eigenvalue weighted by Crippen LogP contribution is 2.15. The van der Waals surface area contributed by atoms with Crippen LogP contribution in [0.1, 0.15) is 40.0 Å². The number of nitrogens with one attached hydrogen (secondary N) is 1. The van der Waals surface area contributed by atoms with Crippen molar-refractivity contribution in [2.75, 3.05) is 32.8 Å². The van der Waals surface area contributed by atoms with Crippen LogP contribution in [-0.4, -0.2) is 61.9 Å². The average molecular weight is 322 g/mol. The van der Waals surface area contributed by atoms with Gasteiger partial charge in [0.25, 0.3) is 6.43 Å². The summed E-state index contributed by atoms with van der Waals surface area (Å²) in [4.78, 5) is 13.8. The van der Waals surface area contributed by atoms with Crippen molar-refractivity contribution < 1.29 is 23.0 Å². The Balaban J connectivity index is 2.23. The summed E-state index contributed by atoms with van der Waals surface area (Å²) in [5, 5.41) is 3.29. The minimum absolute atomic E-state index is 0.270. The Morgan fingerprint density at radius 2 is 2.05 bits per heavy atom. The first-order valence-electron chi connectivity index (χ1n) is 7.85. The van der Waals surface area contributed by atoms with E-state index in [9.17, 15) is 13.6 Å². The van der Waals surface area contributed by atoms with Gasteiger partial charge in [-0.05, 0) is 40.0 Å². The van der Waals surface area contributed by atoms with E-state index in [-0.39, 0.29) is 18.7 Å². The number of likely N-dealkylation sites (tertiary alicyclic amines) is 1. The molecule has 22 heavy (non-hydrogen) atoms. The lowest BCUT2D eigenvalue weighted by Gasteiger charge is -2.26. The second-order valence-electron chi connectivity index (χ2n) is 6.52. The minimum atomic E-state index is -2.42. The summed E-state index contributed by atoms with van der Waals surface area (Å²) in [6.45, 7) is 7.20. The quantitative estimate of drug-likeness (QED) is 0.764. The number of carbonyl (C=O) groups is 1. The first-order chi connectivity index (χ1) is 10.3. The predicted molar refractivity (Wildman–Crippen MR) is 80.3 cm³/mol. The molecule has 7 heteroatoms. The van der Waals surface area contributed by atoms with Crippen LogP contribution < -0.4 is 5.32 Å². The van der Waals surface area contributed by atoms with Crippen LogP contribution in [0.4, 0.5) is 13.6 Å². The number of hydrogen-bond acceptors (Lipinski definition) is 4. The molecule has 1 unspecified atom stereocenters. The SMILES string of the molecule is CC(C)(C)OC(=O)N1CCCC(NCCOCC(F)F)CC1. The van der Waals surface area contributed by atoms with E-state index in [4.69, 9.17) is 9.47 Å². The normalized spacial score (nSPS) is 20.1. The van der Waals surface area contributed by atoms with Crippen LogP contribution in [-0.2, 0) is 9.47 Å². The number of hydrogen-bond donors (Lipinski definition) is 1. The van der Waals surface area contributed by atoms with Gasteiger partial charge in [-0.25, -0.2) is 13.6 Å². The van der Waals surface area contributed by atoms with Crippen LogP contribution in [0, 0.1) is 0 Å². The van der Waals surface area contributed by atoms with E-state index >= 15 is 0 Å². The molecule has 1 aliphatic heterocycles. The highest BCUT2D eigenvalue weighted by atomic mass is 19.3. The van der Waals surface area contributed by atoms with Gasteiger partial charge in [0, 0.05) is 25.7 Å². The summed E-state index contributed by atoms with van der Waals surface area (Å²) >= 11 is 0. The summed E-state index contributed by atoms with van der Waals surface area (Å²) in [7, 11) is 0. The summed E-state index contributed by atoms with van der Waals surface area (Å²) < 4.78 is 34.0. The van der Waals surface area contributed by atoms with Crippen molar-refractivity contribution >= 4 is 6.09 Å². The second kappa shape index (κ2) is 9.25. The number of ether oxygens (including phenoxy) is 2. The van der Waals surface area contributed by atoms with Crippen LogP contribution in [0.5, 0.6) is 0 Å². The lowest BCUT2D eigenvalue weighted by molar-refractivity contribution is 0.0181. The fourth-order valence-electron chi connectivity index (χ4n) is 2.32. The molecule has 1 N–H and O–H groups in total. The number of halogens is 2. The van der Waals surface area contributed by atoms with Crippen molar-refractivity contribution in [3.8, 4) is 0 Å². The standard InChI is InChI=1S/C15H28F2N2O3/c1-15(2,3)22-14(20)19-8-4-5-12(6-9-19)18-7-10-21-11-13(16)17/h12-13,18H,4-11H2,1-3H3. The van der Waals surface area contributed by atoms with Gasteiger partial charge >= 0.3 is 6.09 Å². The smallest absolute Gasteiger partial charge is 0.410 e. The van der Waals surface area contributed by atoms with Gasteiger partial charge in [0.05, 0.1) is 6.61 Å². The highest BCUT2D eigenvalue weighted by Gasteiger charge is 2.24. The summed E-state index contributed by atoms with van der Waals surface area (Å²) in [5.41, 5.74) is -0.483. The molecule has 1 saturated heterocycles. The van der Waals surface area contributed by atoms with Crippen LogP contribution in [0.15, 0.2) is 0 Å². The van der Waals surface area contributed by atoms with E-state index in [0.717, 1.165) is 19.3 Å². The fourth-order valence-corrected chi connectivity index (χ4v) is 2.32. The Morgan fingerprint density at radius 3 is 2.68 bits per heavy atom. The van der Waals surface area contributed by atoms with E-state index in [1.165, 1.54) is 0 Å². The van der Waals surface area contributed by atoms with Crippen LogP contribution in [0.3, 0.4) is 0 Å². The van der Waals surface area contributed by atoms with E-state index in [1.807, 2.05) is 20.8 Å². The van der Waals surface area contributed by atoms with E-state index in [1.54, 1.807) is 4.90 Å². The third kappa shape index (κ3) is 8.48. The number of alkyl halides is 2. The molecule has 1 heterocycles. The molecule has 0 aromatic heterocycles. The van der Waals surface area contributed by atoms with Crippen molar-refractivity contribution in [2.45, 2.75) is 58.1 Å². The van der Waals surface area contributed by atoms with Gasteiger partial charge < -0.3 is 19.7 Å². The molecule has 1 aliphatic rings. The third-order valence-electron chi connectivity index (χ3n) is 3.30. The third-order valence-corrected chi connectivity index (χ3v) is 3.30. The number of nitrogens with zero attached hydrogens (tertiary/aromatic N) is 1. The van der Waals surface area contributed by atoms with Gasteiger partial charge in [-0.2, -0.15) is 0 Å². The molecule has 1 atom stereocenters. The molecular formula is C15H28F2N2O3. The molecule has 0 aromatic carbocycles. The maximum Gasteiger partial charge on any atom is 0.410 e. The van der Waals surface area contributed by atoms with Crippen molar-refractivity contribution in [3.63, 3.8) is 0 Å². The van der Waals surface area contributed by atoms with Crippen LogP contribution in [0.25, 0.3) is 0 Å². The number of rotatable bonds is 6. The molecule has 1 rings (SSSR count). The molecule has 130 valence electrons. The van der Waals surface area contributed by atoms with Gasteiger partial charge in [-0.1, -0.05) is 0 Å². The molecule has 0 saturated carbocycles. The van der Waals surface area contributed by atoms with Gasteiger partial charge in [0.15, 0.2) is 0 Å². The molecule has 0 aromatic rings. The maximum atomic E-state index is 12.0. The second-order valence-corrected chi connectivity index (χ2v) is 6.52. The molecule has 0 radical (unpaired) electrons. The van der Waals surface area contributed by atoms with Crippen LogP contribution >= 0.6 is 0 Å². The lowest BCUT2D eigenvalue weighted by atomic mass is 10.1. The molecule has 0 bridgehead atoms. The fraction of sp³-hybridized carbons (Fsp3) is 0.933. The Morgan fingerprint density at radius 1 is 1.32 bits per heavy atom. The van der Waals surface area contributed by atoms with Crippen molar-refractivity contribution in [2.24, 2.45) is 0 Å². The summed E-state index contributed by atoms with van der Waals surface area (Å²) in [6, 6.07) is 0.280. The molecule has 1 amide bonds. The Labute approximate surface area is 131 Å². The zero-order chi connectivity index (χ0) is 16.6. The van der Waals surface area contributed by atoms with E-state index < -0.39 is 18.6 Å².